The van der Waals surface area contributed by atoms with Crippen molar-refractivity contribution in [2.24, 2.45) is 0 Å². The molecule has 0 aliphatic rings. The van der Waals surface area contributed by atoms with E-state index in [0.717, 1.165) is 12.1 Å². The minimum Gasteiger partial charge on any atom is -0.394 e. The van der Waals surface area contributed by atoms with Gasteiger partial charge in [0, 0.05) is 32.2 Å². The van der Waals surface area contributed by atoms with Crippen molar-refractivity contribution in [3.63, 3.8) is 0 Å². The number of allylic oxidation sites excluding steroid dienone is 1. The third-order valence-corrected chi connectivity index (χ3v) is 2.06. The van der Waals surface area contributed by atoms with Gasteiger partial charge in [-0.15, -0.1) is 0 Å². The molecule has 1 aromatic heterocycles. The lowest BCUT2D eigenvalue weighted by Gasteiger charge is -2.13. The van der Waals surface area contributed by atoms with Gasteiger partial charge in [0.05, 0.1) is 5.69 Å². The molecule has 0 saturated heterocycles. The van der Waals surface area contributed by atoms with Gasteiger partial charge in [-0.05, 0) is 18.6 Å². The Balaban J connectivity index is 3.25. The van der Waals surface area contributed by atoms with Crippen LogP contribution in [0.5, 0.6) is 0 Å². The second kappa shape index (κ2) is 4.68. The molecule has 2 N–H and O–H groups in total. The van der Waals surface area contributed by atoms with Gasteiger partial charge in [-0.3, -0.25) is 9.36 Å². The van der Waals surface area contributed by atoms with Crippen LogP contribution in [0.25, 0.3) is 5.70 Å². The first kappa shape index (κ1) is 11.4. The van der Waals surface area contributed by atoms with Crippen molar-refractivity contribution in [3.05, 3.63) is 34.9 Å². The molecule has 82 valence electrons. The van der Waals surface area contributed by atoms with Crippen molar-refractivity contribution < 1.29 is 0 Å². The largest absolute Gasteiger partial charge is 0.394 e. The summed E-state index contributed by atoms with van der Waals surface area (Å²) in [5.41, 5.74) is 6.61. The maximum atomic E-state index is 11.7. The molecule has 0 amide bonds. The Morgan fingerprint density at radius 1 is 1.60 bits per heavy atom. The van der Waals surface area contributed by atoms with Crippen molar-refractivity contribution in [2.75, 3.05) is 19.8 Å². The molecule has 0 saturated carbocycles. The van der Waals surface area contributed by atoms with E-state index in [1.165, 1.54) is 0 Å². The number of aromatic nitrogens is 1. The SMILES string of the molecule is CC/C(=C\N(C)C)n1cccc(N)c1=O. The monoisotopic (exact) mass is 207 g/mol. The summed E-state index contributed by atoms with van der Waals surface area (Å²) in [4.78, 5) is 13.6. The van der Waals surface area contributed by atoms with E-state index in [1.807, 2.05) is 32.1 Å². The summed E-state index contributed by atoms with van der Waals surface area (Å²) in [5.74, 6) is 0. The molecule has 1 aromatic rings. The minimum absolute atomic E-state index is 0.160. The first-order valence-electron chi connectivity index (χ1n) is 4.91. The second-order valence-corrected chi connectivity index (χ2v) is 3.58. The Kier molecular flexibility index (Phi) is 3.55. The minimum atomic E-state index is -0.160. The van der Waals surface area contributed by atoms with E-state index < -0.39 is 0 Å². The first-order valence-corrected chi connectivity index (χ1v) is 4.91. The summed E-state index contributed by atoms with van der Waals surface area (Å²) in [6.45, 7) is 2.00. The third kappa shape index (κ3) is 2.62. The average molecular weight is 207 g/mol. The Bertz CT molecular complexity index is 418. The highest BCUT2D eigenvalue weighted by atomic mass is 16.1. The number of anilines is 1. The summed E-state index contributed by atoms with van der Waals surface area (Å²) in [7, 11) is 3.85. The van der Waals surface area contributed by atoms with Crippen LogP contribution in [-0.2, 0) is 0 Å². The zero-order valence-corrected chi connectivity index (χ0v) is 9.40. The van der Waals surface area contributed by atoms with Crippen molar-refractivity contribution in [2.45, 2.75) is 13.3 Å². The van der Waals surface area contributed by atoms with Crippen molar-refractivity contribution >= 4 is 11.4 Å². The van der Waals surface area contributed by atoms with E-state index in [4.69, 9.17) is 5.73 Å². The van der Waals surface area contributed by atoms with Gasteiger partial charge in [0.25, 0.3) is 5.56 Å². The number of hydrogen-bond acceptors (Lipinski definition) is 3. The summed E-state index contributed by atoms with van der Waals surface area (Å²) < 4.78 is 1.58. The molecule has 15 heavy (non-hydrogen) atoms. The normalized spacial score (nSPS) is 11.5. The number of nitrogens with two attached hydrogens (primary N) is 1. The summed E-state index contributed by atoms with van der Waals surface area (Å²) in [6.07, 6.45) is 4.43. The fourth-order valence-electron chi connectivity index (χ4n) is 1.36. The number of hydrogen-bond donors (Lipinski definition) is 1. The zero-order valence-electron chi connectivity index (χ0n) is 9.40. The molecule has 0 radical (unpaired) electrons. The van der Waals surface area contributed by atoms with Gasteiger partial charge >= 0.3 is 0 Å². The third-order valence-electron chi connectivity index (χ3n) is 2.06. The van der Waals surface area contributed by atoms with Crippen LogP contribution >= 0.6 is 0 Å². The molecular formula is C11H17N3O. The van der Waals surface area contributed by atoms with Crippen LogP contribution in [0.15, 0.2) is 29.3 Å². The van der Waals surface area contributed by atoms with E-state index in [9.17, 15) is 4.79 Å². The first-order chi connectivity index (χ1) is 7.06. The maximum Gasteiger partial charge on any atom is 0.277 e. The fourth-order valence-corrected chi connectivity index (χ4v) is 1.36. The molecule has 4 heteroatoms. The van der Waals surface area contributed by atoms with Crippen LogP contribution < -0.4 is 11.3 Å². The highest BCUT2D eigenvalue weighted by Gasteiger charge is 2.03. The summed E-state index contributed by atoms with van der Waals surface area (Å²) in [6, 6.07) is 3.39. The van der Waals surface area contributed by atoms with Crippen LogP contribution in [0.3, 0.4) is 0 Å². The van der Waals surface area contributed by atoms with Crippen molar-refractivity contribution in [1.29, 1.82) is 0 Å². The number of nitrogens with zero attached hydrogens (tertiary/aromatic N) is 2. The molecular weight excluding hydrogens is 190 g/mol. The lowest BCUT2D eigenvalue weighted by molar-refractivity contribution is 0.560. The molecule has 4 nitrogen and oxygen atoms in total. The summed E-state index contributed by atoms with van der Waals surface area (Å²) in [5, 5.41) is 0. The fraction of sp³-hybridized carbons (Fsp3) is 0.364. The Morgan fingerprint density at radius 3 is 2.80 bits per heavy atom. The predicted octanol–water partition coefficient (Wildman–Crippen LogP) is 1.20. The second-order valence-electron chi connectivity index (χ2n) is 3.58. The number of nitrogen functional groups attached to an aromatic ring is 1. The Hall–Kier alpha value is -1.71. The van der Waals surface area contributed by atoms with Gasteiger partial charge in [-0.2, -0.15) is 0 Å². The van der Waals surface area contributed by atoms with Gasteiger partial charge in [0.1, 0.15) is 0 Å². The van der Waals surface area contributed by atoms with Gasteiger partial charge in [0.2, 0.25) is 0 Å². The van der Waals surface area contributed by atoms with Gasteiger partial charge in [-0.25, -0.2) is 0 Å². The molecule has 0 spiro atoms. The molecule has 0 aromatic carbocycles. The van der Waals surface area contributed by atoms with Gasteiger partial charge in [-0.1, -0.05) is 6.92 Å². The molecule has 0 bridgehead atoms. The predicted molar refractivity (Wildman–Crippen MR) is 63.4 cm³/mol. The van der Waals surface area contributed by atoms with Crippen LogP contribution in [0.2, 0.25) is 0 Å². The zero-order chi connectivity index (χ0) is 11.4. The maximum absolute atomic E-state index is 11.7. The number of rotatable bonds is 3. The molecule has 1 rings (SSSR count). The lowest BCUT2D eigenvalue weighted by atomic mass is 10.3. The van der Waals surface area contributed by atoms with E-state index in [1.54, 1.807) is 22.9 Å². The molecule has 0 aliphatic heterocycles. The van der Waals surface area contributed by atoms with E-state index in [-0.39, 0.29) is 11.2 Å². The van der Waals surface area contributed by atoms with Crippen LogP contribution in [0, 0.1) is 0 Å². The molecule has 0 fully saturated rings. The average Bonchev–Trinajstić information content (AvgIpc) is 2.19. The standard InChI is InChI=1S/C11H17N3O/c1-4-9(8-13(2)3)14-7-5-6-10(12)11(14)15/h5-8H,4,12H2,1-3H3/b9-8+. The molecule has 0 unspecified atom stereocenters. The highest BCUT2D eigenvalue weighted by Crippen LogP contribution is 2.07. The quantitative estimate of drug-likeness (QED) is 0.810. The topological polar surface area (TPSA) is 51.3 Å². The lowest BCUT2D eigenvalue weighted by Crippen LogP contribution is -2.22. The number of pyridine rings is 1. The van der Waals surface area contributed by atoms with Crippen LogP contribution in [0.1, 0.15) is 13.3 Å². The Labute approximate surface area is 89.6 Å². The van der Waals surface area contributed by atoms with Crippen molar-refractivity contribution in [1.82, 2.24) is 9.47 Å². The van der Waals surface area contributed by atoms with E-state index in [0.29, 0.717) is 0 Å². The summed E-state index contributed by atoms with van der Waals surface area (Å²) >= 11 is 0. The van der Waals surface area contributed by atoms with E-state index >= 15 is 0 Å². The molecule has 1 heterocycles. The molecule has 0 aliphatic carbocycles. The van der Waals surface area contributed by atoms with Gasteiger partial charge in [0.15, 0.2) is 0 Å². The molecule has 0 atom stereocenters. The van der Waals surface area contributed by atoms with Gasteiger partial charge < -0.3 is 10.6 Å². The smallest absolute Gasteiger partial charge is 0.277 e. The Morgan fingerprint density at radius 2 is 2.27 bits per heavy atom. The highest BCUT2D eigenvalue weighted by molar-refractivity contribution is 5.47. The van der Waals surface area contributed by atoms with Crippen LogP contribution in [-0.4, -0.2) is 23.6 Å². The van der Waals surface area contributed by atoms with Crippen LogP contribution in [0.4, 0.5) is 5.69 Å². The van der Waals surface area contributed by atoms with E-state index in [2.05, 4.69) is 0 Å². The van der Waals surface area contributed by atoms with Crippen molar-refractivity contribution in [3.8, 4) is 0 Å².